The van der Waals surface area contributed by atoms with Gasteiger partial charge in [0.1, 0.15) is 0 Å². The number of aromatic nitrogens is 1. The van der Waals surface area contributed by atoms with Gasteiger partial charge in [-0.05, 0) is 26.5 Å². The number of nitrogens with one attached hydrogen (secondary N) is 1. The van der Waals surface area contributed by atoms with Crippen molar-refractivity contribution in [3.8, 4) is 0 Å². The molecule has 4 heteroatoms. The molecule has 1 aromatic heterocycles. The highest BCUT2D eigenvalue weighted by Crippen LogP contribution is 2.21. The highest BCUT2D eigenvalue weighted by molar-refractivity contribution is 5.53. The second-order valence-corrected chi connectivity index (χ2v) is 4.65. The molecule has 1 unspecified atom stereocenters. The van der Waals surface area contributed by atoms with E-state index in [9.17, 15) is 0 Å². The lowest BCUT2D eigenvalue weighted by molar-refractivity contribution is 0.183. The largest absolute Gasteiger partial charge is 0.383 e. The molecule has 0 aliphatic carbocycles. The number of hydrogen-bond donors (Lipinski definition) is 1. The Hall–Kier alpha value is -1.13. The Labute approximate surface area is 110 Å². The Bertz CT molecular complexity index is 368. The van der Waals surface area contributed by atoms with Gasteiger partial charge in [0.15, 0.2) is 0 Å². The van der Waals surface area contributed by atoms with E-state index in [0.29, 0.717) is 6.04 Å². The summed E-state index contributed by atoms with van der Waals surface area (Å²) in [6, 6.07) is 2.48. The van der Waals surface area contributed by atoms with Crippen molar-refractivity contribution in [3.05, 3.63) is 23.5 Å². The third kappa shape index (κ3) is 3.96. The van der Waals surface area contributed by atoms with E-state index >= 15 is 0 Å². The predicted molar refractivity (Wildman–Crippen MR) is 76.1 cm³/mol. The molecule has 4 nitrogen and oxygen atoms in total. The van der Waals surface area contributed by atoms with E-state index < -0.39 is 0 Å². The predicted octanol–water partition coefficient (Wildman–Crippen LogP) is 1.97. The van der Waals surface area contributed by atoms with E-state index in [1.807, 2.05) is 13.1 Å². The Balaban J connectivity index is 2.92. The second kappa shape index (κ2) is 7.34. The minimum Gasteiger partial charge on any atom is -0.383 e. The van der Waals surface area contributed by atoms with Crippen LogP contribution in [-0.2, 0) is 11.3 Å². The van der Waals surface area contributed by atoms with Crippen LogP contribution in [-0.4, -0.2) is 38.3 Å². The van der Waals surface area contributed by atoms with E-state index in [-0.39, 0.29) is 0 Å². The van der Waals surface area contributed by atoms with Crippen LogP contribution >= 0.6 is 0 Å². The van der Waals surface area contributed by atoms with Crippen molar-refractivity contribution >= 4 is 5.69 Å². The second-order valence-electron chi connectivity index (χ2n) is 4.65. The molecule has 0 saturated heterocycles. The maximum absolute atomic E-state index is 5.22. The molecule has 1 rings (SSSR count). The zero-order valence-electron chi connectivity index (χ0n) is 12.2. The van der Waals surface area contributed by atoms with Gasteiger partial charge >= 0.3 is 0 Å². The first-order valence-electron chi connectivity index (χ1n) is 6.48. The summed E-state index contributed by atoms with van der Waals surface area (Å²) < 4.78 is 5.22. The molecule has 0 radical (unpaired) electrons. The van der Waals surface area contributed by atoms with Gasteiger partial charge in [0.05, 0.1) is 6.61 Å². The topological polar surface area (TPSA) is 37.4 Å². The summed E-state index contributed by atoms with van der Waals surface area (Å²) in [4.78, 5) is 6.64. The van der Waals surface area contributed by atoms with Crippen LogP contribution in [0.1, 0.15) is 25.1 Å². The number of rotatable bonds is 7. The number of pyridine rings is 1. The molecule has 0 aromatic carbocycles. The maximum Gasteiger partial charge on any atom is 0.0663 e. The highest BCUT2D eigenvalue weighted by Gasteiger charge is 2.14. The fraction of sp³-hybridized carbons (Fsp3) is 0.643. The molecule has 102 valence electrons. The lowest BCUT2D eigenvalue weighted by atomic mass is 10.1. The van der Waals surface area contributed by atoms with Crippen molar-refractivity contribution in [1.82, 2.24) is 10.3 Å². The monoisotopic (exact) mass is 251 g/mol. The van der Waals surface area contributed by atoms with Crippen molar-refractivity contribution in [2.75, 3.05) is 32.2 Å². The van der Waals surface area contributed by atoms with Crippen molar-refractivity contribution in [2.45, 2.75) is 33.4 Å². The lowest BCUT2D eigenvalue weighted by Crippen LogP contribution is -2.33. The lowest BCUT2D eigenvalue weighted by Gasteiger charge is -2.28. The minimum absolute atomic E-state index is 0.345. The van der Waals surface area contributed by atoms with E-state index in [1.54, 1.807) is 7.11 Å². The molecule has 0 fully saturated rings. The SMILES string of the molecule is CCNCc1cnc(C)cc1N(C)C(C)COC. The fourth-order valence-corrected chi connectivity index (χ4v) is 1.89. The van der Waals surface area contributed by atoms with Crippen molar-refractivity contribution in [2.24, 2.45) is 0 Å². The van der Waals surface area contributed by atoms with Crippen LogP contribution in [0.3, 0.4) is 0 Å². The van der Waals surface area contributed by atoms with Crippen LogP contribution in [0.15, 0.2) is 12.3 Å². The summed E-state index contributed by atoms with van der Waals surface area (Å²) in [6.45, 7) is 8.83. The van der Waals surface area contributed by atoms with Crippen molar-refractivity contribution in [1.29, 1.82) is 0 Å². The normalized spacial score (nSPS) is 12.5. The smallest absolute Gasteiger partial charge is 0.0663 e. The quantitative estimate of drug-likeness (QED) is 0.804. The summed E-state index contributed by atoms with van der Waals surface area (Å²) in [5.41, 5.74) is 3.50. The molecule has 1 atom stereocenters. The molecule has 1 heterocycles. The molecule has 0 saturated carbocycles. The molecule has 1 N–H and O–H groups in total. The first-order valence-corrected chi connectivity index (χ1v) is 6.48. The van der Waals surface area contributed by atoms with Gasteiger partial charge in [-0.1, -0.05) is 6.92 Å². The third-order valence-electron chi connectivity index (χ3n) is 3.11. The summed E-state index contributed by atoms with van der Waals surface area (Å²) >= 11 is 0. The molecule has 0 amide bonds. The summed E-state index contributed by atoms with van der Waals surface area (Å²) in [5.74, 6) is 0. The van der Waals surface area contributed by atoms with Gasteiger partial charge < -0.3 is 15.0 Å². The Morgan fingerprint density at radius 1 is 1.50 bits per heavy atom. The Morgan fingerprint density at radius 3 is 2.83 bits per heavy atom. The van der Waals surface area contributed by atoms with Crippen LogP contribution in [0.25, 0.3) is 0 Å². The van der Waals surface area contributed by atoms with E-state index in [0.717, 1.165) is 25.4 Å². The fourth-order valence-electron chi connectivity index (χ4n) is 1.89. The third-order valence-corrected chi connectivity index (χ3v) is 3.11. The van der Waals surface area contributed by atoms with Crippen LogP contribution in [0, 0.1) is 6.92 Å². The van der Waals surface area contributed by atoms with Gasteiger partial charge in [-0.2, -0.15) is 0 Å². The summed E-state index contributed by atoms with van der Waals surface area (Å²) in [7, 11) is 3.84. The van der Waals surface area contributed by atoms with Crippen molar-refractivity contribution < 1.29 is 4.74 Å². The molecule has 18 heavy (non-hydrogen) atoms. The zero-order chi connectivity index (χ0) is 13.5. The van der Waals surface area contributed by atoms with E-state index in [4.69, 9.17) is 4.74 Å². The van der Waals surface area contributed by atoms with Crippen LogP contribution in [0.4, 0.5) is 5.69 Å². The van der Waals surface area contributed by atoms with Gasteiger partial charge in [-0.15, -0.1) is 0 Å². The molecule has 0 aliphatic rings. The molecule has 1 aromatic rings. The van der Waals surface area contributed by atoms with Crippen molar-refractivity contribution in [3.63, 3.8) is 0 Å². The first-order chi connectivity index (χ1) is 8.60. The number of anilines is 1. The number of ether oxygens (including phenoxy) is 1. The van der Waals surface area contributed by atoms with Crippen LogP contribution in [0.2, 0.25) is 0 Å². The van der Waals surface area contributed by atoms with Gasteiger partial charge in [0.2, 0.25) is 0 Å². The van der Waals surface area contributed by atoms with Gasteiger partial charge in [-0.3, -0.25) is 4.98 Å². The number of aryl methyl sites for hydroxylation is 1. The van der Waals surface area contributed by atoms with E-state index in [1.165, 1.54) is 11.3 Å². The molecular formula is C14H25N3O. The molecule has 0 spiro atoms. The minimum atomic E-state index is 0.345. The van der Waals surface area contributed by atoms with Gasteiger partial charge in [0.25, 0.3) is 0 Å². The van der Waals surface area contributed by atoms with Gasteiger partial charge in [0, 0.05) is 49.9 Å². The van der Waals surface area contributed by atoms with Crippen LogP contribution < -0.4 is 10.2 Å². The highest BCUT2D eigenvalue weighted by atomic mass is 16.5. The average Bonchev–Trinajstić information content (AvgIpc) is 2.36. The average molecular weight is 251 g/mol. The van der Waals surface area contributed by atoms with Crippen LogP contribution in [0.5, 0.6) is 0 Å². The number of hydrogen-bond acceptors (Lipinski definition) is 4. The molecule has 0 bridgehead atoms. The first kappa shape index (κ1) is 14.9. The Kier molecular flexibility index (Phi) is 6.09. The Morgan fingerprint density at radius 2 is 2.22 bits per heavy atom. The number of likely N-dealkylation sites (N-methyl/N-ethyl adjacent to an activating group) is 1. The van der Waals surface area contributed by atoms with Gasteiger partial charge in [-0.25, -0.2) is 0 Å². The molecular weight excluding hydrogens is 226 g/mol. The number of nitrogens with zero attached hydrogens (tertiary/aromatic N) is 2. The standard InChI is InChI=1S/C14H25N3O/c1-6-15-8-13-9-16-11(2)7-14(13)17(4)12(3)10-18-5/h7,9,12,15H,6,8,10H2,1-5H3. The summed E-state index contributed by atoms with van der Waals surface area (Å²) in [6.07, 6.45) is 1.96. The summed E-state index contributed by atoms with van der Waals surface area (Å²) in [5, 5.41) is 3.35. The zero-order valence-corrected chi connectivity index (χ0v) is 12.2. The van der Waals surface area contributed by atoms with E-state index in [2.05, 4.69) is 42.2 Å². The number of methoxy groups -OCH3 is 1. The molecule has 0 aliphatic heterocycles. The maximum atomic E-state index is 5.22.